The Kier molecular flexibility index (Phi) is 4.85. The fourth-order valence-electron chi connectivity index (χ4n) is 3.98. The number of fused-ring (bicyclic) bond motifs is 2. The minimum Gasteiger partial charge on any atom is -0.485 e. The Morgan fingerprint density at radius 2 is 2.16 bits per heavy atom. The van der Waals surface area contributed by atoms with Gasteiger partial charge in [0, 0.05) is 24.4 Å². The van der Waals surface area contributed by atoms with E-state index in [9.17, 15) is 9.18 Å². The summed E-state index contributed by atoms with van der Waals surface area (Å²) in [4.78, 5) is 28.3. The number of hydrogen-bond donors (Lipinski definition) is 3. The van der Waals surface area contributed by atoms with Crippen LogP contribution in [0.15, 0.2) is 46.3 Å². The van der Waals surface area contributed by atoms with Crippen molar-refractivity contribution in [3.8, 4) is 17.1 Å². The summed E-state index contributed by atoms with van der Waals surface area (Å²) in [6, 6.07) is 8.48. The van der Waals surface area contributed by atoms with Crippen LogP contribution in [0.3, 0.4) is 0 Å². The molecule has 0 saturated heterocycles. The molecular formula is C22H21FN6O2. The number of anilines is 2. The molecule has 0 spiro atoms. The highest BCUT2D eigenvalue weighted by Crippen LogP contribution is 2.39. The molecule has 1 atom stereocenters. The second-order valence-corrected chi connectivity index (χ2v) is 7.46. The van der Waals surface area contributed by atoms with Gasteiger partial charge in [0.25, 0.3) is 5.56 Å². The number of aromatic amines is 1. The van der Waals surface area contributed by atoms with Gasteiger partial charge in [-0.15, -0.1) is 0 Å². The predicted molar refractivity (Wildman–Crippen MR) is 117 cm³/mol. The van der Waals surface area contributed by atoms with Crippen LogP contribution in [0.1, 0.15) is 24.8 Å². The van der Waals surface area contributed by atoms with E-state index in [1.165, 1.54) is 6.07 Å². The van der Waals surface area contributed by atoms with Crippen LogP contribution in [0.2, 0.25) is 0 Å². The van der Waals surface area contributed by atoms with Crippen molar-refractivity contribution in [1.29, 1.82) is 0 Å². The molecular weight excluding hydrogens is 399 g/mol. The van der Waals surface area contributed by atoms with Gasteiger partial charge in [-0.2, -0.15) is 0 Å². The summed E-state index contributed by atoms with van der Waals surface area (Å²) in [5.41, 5.74) is 2.34. The van der Waals surface area contributed by atoms with Gasteiger partial charge in [-0.25, -0.2) is 14.4 Å². The lowest BCUT2D eigenvalue weighted by molar-refractivity contribution is 0.321. The molecule has 5 rings (SSSR count). The number of pyridine rings is 1. The zero-order valence-corrected chi connectivity index (χ0v) is 16.9. The number of benzene rings is 1. The minimum atomic E-state index is -0.297. The van der Waals surface area contributed by atoms with Gasteiger partial charge in [0.2, 0.25) is 5.75 Å². The van der Waals surface area contributed by atoms with Crippen molar-refractivity contribution in [2.45, 2.75) is 19.3 Å². The lowest BCUT2D eigenvalue weighted by Crippen LogP contribution is -2.22. The van der Waals surface area contributed by atoms with Gasteiger partial charge >= 0.3 is 0 Å². The number of nitrogens with zero attached hydrogens (tertiary/aromatic N) is 3. The van der Waals surface area contributed by atoms with E-state index in [2.05, 4.69) is 30.6 Å². The van der Waals surface area contributed by atoms with Crippen molar-refractivity contribution in [3.05, 3.63) is 58.3 Å². The number of ether oxygens (including phenoxy) is 1. The second kappa shape index (κ2) is 7.82. The first-order chi connectivity index (χ1) is 15.1. The van der Waals surface area contributed by atoms with Crippen LogP contribution in [0.5, 0.6) is 5.75 Å². The van der Waals surface area contributed by atoms with E-state index in [-0.39, 0.29) is 17.3 Å². The number of para-hydroxylation sites is 1. The Bertz CT molecular complexity index is 1240. The second-order valence-electron chi connectivity index (χ2n) is 7.46. The first kappa shape index (κ1) is 19.2. The molecule has 0 saturated carbocycles. The SMILES string of the molecule is CC1=Nc2c(F)cccc2C1CCNc1nc(-c2ccc[nH]c2=O)nc2c1OCCN2. The quantitative estimate of drug-likeness (QED) is 0.584. The lowest BCUT2D eigenvalue weighted by Gasteiger charge is -2.22. The average Bonchev–Trinajstić information content (AvgIpc) is 3.10. The minimum absolute atomic E-state index is 0.0337. The van der Waals surface area contributed by atoms with Crippen LogP contribution in [0.4, 0.5) is 21.7 Å². The van der Waals surface area contributed by atoms with Crippen LogP contribution in [-0.2, 0) is 0 Å². The average molecular weight is 420 g/mol. The van der Waals surface area contributed by atoms with Crippen molar-refractivity contribution in [1.82, 2.24) is 15.0 Å². The van der Waals surface area contributed by atoms with E-state index in [4.69, 9.17) is 4.74 Å². The van der Waals surface area contributed by atoms with E-state index in [0.717, 1.165) is 11.3 Å². The molecule has 2 aliphatic heterocycles. The van der Waals surface area contributed by atoms with Crippen molar-refractivity contribution >= 4 is 23.0 Å². The van der Waals surface area contributed by atoms with Gasteiger partial charge in [-0.1, -0.05) is 12.1 Å². The van der Waals surface area contributed by atoms with E-state index in [0.29, 0.717) is 60.6 Å². The fourth-order valence-corrected chi connectivity index (χ4v) is 3.98. The van der Waals surface area contributed by atoms with E-state index in [1.54, 1.807) is 24.4 Å². The number of H-pyrrole nitrogens is 1. The normalized spacial score (nSPS) is 16.6. The Hall–Kier alpha value is -3.75. The Morgan fingerprint density at radius 1 is 1.26 bits per heavy atom. The molecule has 4 heterocycles. The van der Waals surface area contributed by atoms with Crippen LogP contribution in [-0.4, -0.2) is 40.4 Å². The molecule has 9 heteroatoms. The molecule has 3 N–H and O–H groups in total. The molecule has 2 aliphatic rings. The number of rotatable bonds is 5. The van der Waals surface area contributed by atoms with Crippen molar-refractivity contribution in [2.24, 2.45) is 4.99 Å². The molecule has 158 valence electrons. The molecule has 0 aliphatic carbocycles. The summed E-state index contributed by atoms with van der Waals surface area (Å²) in [6.45, 7) is 3.60. The summed E-state index contributed by atoms with van der Waals surface area (Å²) in [7, 11) is 0. The molecule has 8 nitrogen and oxygen atoms in total. The van der Waals surface area contributed by atoms with Crippen LogP contribution >= 0.6 is 0 Å². The summed E-state index contributed by atoms with van der Waals surface area (Å²) >= 11 is 0. The van der Waals surface area contributed by atoms with Crippen molar-refractivity contribution < 1.29 is 9.13 Å². The standard InChI is InChI=1S/C22H21FN6O2/c1-12-13(14-4-2-6-16(23)17(14)27-12)7-9-24-20-18-21(25-10-11-31-18)29-19(28-20)15-5-3-8-26-22(15)30/h2-6,8,13H,7,9-11H2,1H3,(H,26,30)(H2,24,25,28,29). The summed E-state index contributed by atoms with van der Waals surface area (Å²) in [5.74, 6) is 1.65. The highest BCUT2D eigenvalue weighted by atomic mass is 19.1. The molecule has 0 amide bonds. The summed E-state index contributed by atoms with van der Waals surface area (Å²) < 4.78 is 19.8. The maximum Gasteiger partial charge on any atom is 0.259 e. The van der Waals surface area contributed by atoms with Crippen LogP contribution in [0.25, 0.3) is 11.4 Å². The topological polar surface area (TPSA) is 104 Å². The van der Waals surface area contributed by atoms with Gasteiger partial charge in [0.05, 0.1) is 12.1 Å². The zero-order chi connectivity index (χ0) is 21.4. The number of aromatic nitrogens is 3. The number of nitrogens with one attached hydrogen (secondary N) is 3. The van der Waals surface area contributed by atoms with Crippen molar-refractivity contribution in [2.75, 3.05) is 30.3 Å². The van der Waals surface area contributed by atoms with E-state index >= 15 is 0 Å². The highest BCUT2D eigenvalue weighted by molar-refractivity contribution is 5.96. The Balaban J connectivity index is 1.40. The molecule has 0 radical (unpaired) electrons. The fraction of sp³-hybridized carbons (Fsp3) is 0.273. The predicted octanol–water partition coefficient (Wildman–Crippen LogP) is 3.47. The van der Waals surface area contributed by atoms with Crippen molar-refractivity contribution in [3.63, 3.8) is 0 Å². The Labute approximate surface area is 177 Å². The number of hydrogen-bond acceptors (Lipinski definition) is 7. The van der Waals surface area contributed by atoms with Gasteiger partial charge in [0.1, 0.15) is 18.1 Å². The third kappa shape index (κ3) is 3.52. The van der Waals surface area contributed by atoms with Gasteiger partial charge < -0.3 is 20.4 Å². The molecule has 0 bridgehead atoms. The number of aliphatic imine (C=N–C) groups is 1. The highest BCUT2D eigenvalue weighted by Gasteiger charge is 2.27. The monoisotopic (exact) mass is 420 g/mol. The third-order valence-electron chi connectivity index (χ3n) is 5.48. The third-order valence-corrected chi connectivity index (χ3v) is 5.48. The van der Waals surface area contributed by atoms with Crippen LogP contribution < -0.4 is 20.9 Å². The van der Waals surface area contributed by atoms with Gasteiger partial charge in [0.15, 0.2) is 17.5 Å². The number of halogens is 1. The molecule has 1 unspecified atom stereocenters. The Morgan fingerprint density at radius 3 is 3.03 bits per heavy atom. The molecule has 3 aromatic rings. The first-order valence-electron chi connectivity index (χ1n) is 10.2. The summed E-state index contributed by atoms with van der Waals surface area (Å²) in [6.07, 6.45) is 2.27. The first-order valence-corrected chi connectivity index (χ1v) is 10.2. The maximum absolute atomic E-state index is 14.1. The van der Waals surface area contributed by atoms with Gasteiger partial charge in [-0.05, 0) is 37.1 Å². The lowest BCUT2D eigenvalue weighted by atomic mass is 9.93. The maximum atomic E-state index is 14.1. The molecule has 2 aromatic heterocycles. The van der Waals surface area contributed by atoms with E-state index in [1.807, 2.05) is 13.0 Å². The largest absolute Gasteiger partial charge is 0.485 e. The molecule has 1 aromatic carbocycles. The van der Waals surface area contributed by atoms with Crippen LogP contribution in [0, 0.1) is 5.82 Å². The molecule has 0 fully saturated rings. The van der Waals surface area contributed by atoms with E-state index < -0.39 is 0 Å². The zero-order valence-electron chi connectivity index (χ0n) is 16.9. The smallest absolute Gasteiger partial charge is 0.259 e. The molecule has 31 heavy (non-hydrogen) atoms. The van der Waals surface area contributed by atoms with Gasteiger partial charge in [-0.3, -0.25) is 9.79 Å². The summed E-state index contributed by atoms with van der Waals surface area (Å²) in [5, 5.41) is 6.52.